The molecule has 0 saturated carbocycles. The van der Waals surface area contributed by atoms with Crippen molar-refractivity contribution in [1.29, 1.82) is 0 Å². The highest BCUT2D eigenvalue weighted by atomic mass is 19.1. The summed E-state index contributed by atoms with van der Waals surface area (Å²) in [6.07, 6.45) is -0.620. The van der Waals surface area contributed by atoms with Crippen molar-refractivity contribution in [3.05, 3.63) is 59.2 Å². The Morgan fingerprint density at radius 2 is 1.72 bits per heavy atom. The molecule has 2 aromatic rings. The van der Waals surface area contributed by atoms with Gasteiger partial charge in [0.05, 0.1) is 7.11 Å². The SMILES string of the molecule is CCN(CC)C[C@@H](O)COc1cc(CNCc2c(F)cccc2F)ccc1OC. The average Bonchev–Trinajstić information content (AvgIpc) is 2.72. The predicted octanol–water partition coefficient (Wildman–Crippen LogP) is 3.34. The summed E-state index contributed by atoms with van der Waals surface area (Å²) in [6, 6.07) is 9.24. The quantitative estimate of drug-likeness (QED) is 0.564. The Kier molecular flexibility index (Phi) is 9.31. The molecule has 0 radical (unpaired) electrons. The first kappa shape index (κ1) is 23.1. The Hall–Kier alpha value is -2.22. The van der Waals surface area contributed by atoms with Gasteiger partial charge >= 0.3 is 0 Å². The van der Waals surface area contributed by atoms with Crippen LogP contribution in [0.1, 0.15) is 25.0 Å². The summed E-state index contributed by atoms with van der Waals surface area (Å²) >= 11 is 0. The number of ether oxygens (including phenoxy) is 2. The minimum absolute atomic E-state index is 0.0111. The largest absolute Gasteiger partial charge is 0.493 e. The van der Waals surface area contributed by atoms with Gasteiger partial charge < -0.3 is 24.8 Å². The van der Waals surface area contributed by atoms with Crippen molar-refractivity contribution >= 4 is 0 Å². The molecule has 2 N–H and O–H groups in total. The minimum atomic E-state index is -0.620. The molecule has 0 aromatic heterocycles. The lowest BCUT2D eigenvalue weighted by molar-refractivity contribution is 0.0705. The van der Waals surface area contributed by atoms with E-state index in [4.69, 9.17) is 9.47 Å². The molecule has 7 heteroatoms. The number of hydrogen-bond acceptors (Lipinski definition) is 5. The molecule has 0 spiro atoms. The molecule has 0 heterocycles. The maximum atomic E-state index is 13.7. The number of methoxy groups -OCH3 is 1. The topological polar surface area (TPSA) is 54.0 Å². The molecule has 0 bridgehead atoms. The van der Waals surface area contributed by atoms with E-state index in [-0.39, 0.29) is 18.7 Å². The lowest BCUT2D eigenvalue weighted by atomic mass is 10.1. The Labute approximate surface area is 171 Å². The van der Waals surface area contributed by atoms with Crippen LogP contribution in [0.3, 0.4) is 0 Å². The van der Waals surface area contributed by atoms with Crippen LogP contribution in [0, 0.1) is 11.6 Å². The van der Waals surface area contributed by atoms with Crippen LogP contribution in [0.2, 0.25) is 0 Å². The zero-order chi connectivity index (χ0) is 21.2. The normalized spacial score (nSPS) is 12.2. The standard InChI is InChI=1S/C22H30F2N2O3/c1-4-26(5-2)14-17(27)15-29-22-11-16(9-10-21(22)28-3)12-25-13-18-19(23)7-6-8-20(18)24/h6-11,17,25,27H,4-5,12-15H2,1-3H3/t17-/m1/s1. The van der Waals surface area contributed by atoms with E-state index >= 15 is 0 Å². The van der Waals surface area contributed by atoms with Crippen molar-refractivity contribution in [3.63, 3.8) is 0 Å². The lowest BCUT2D eigenvalue weighted by Crippen LogP contribution is -2.35. The highest BCUT2D eigenvalue weighted by Gasteiger charge is 2.13. The minimum Gasteiger partial charge on any atom is -0.493 e. The number of aliphatic hydroxyl groups is 1. The summed E-state index contributed by atoms with van der Waals surface area (Å²) < 4.78 is 38.5. The molecule has 0 unspecified atom stereocenters. The third-order valence-corrected chi connectivity index (χ3v) is 4.72. The summed E-state index contributed by atoms with van der Waals surface area (Å²) in [5.74, 6) is -0.0664. The fourth-order valence-corrected chi connectivity index (χ4v) is 3.00. The molecule has 160 valence electrons. The highest BCUT2D eigenvalue weighted by Crippen LogP contribution is 2.28. The van der Waals surface area contributed by atoms with E-state index in [2.05, 4.69) is 10.2 Å². The molecule has 0 amide bonds. The fourth-order valence-electron chi connectivity index (χ4n) is 3.00. The highest BCUT2D eigenvalue weighted by molar-refractivity contribution is 5.43. The molecule has 2 rings (SSSR count). The lowest BCUT2D eigenvalue weighted by Gasteiger charge is -2.22. The summed E-state index contributed by atoms with van der Waals surface area (Å²) in [5.41, 5.74) is 0.882. The van der Waals surface area contributed by atoms with Gasteiger partial charge in [0.15, 0.2) is 11.5 Å². The maximum Gasteiger partial charge on any atom is 0.161 e. The summed E-state index contributed by atoms with van der Waals surface area (Å²) in [6.45, 7) is 6.96. The zero-order valence-corrected chi connectivity index (χ0v) is 17.3. The van der Waals surface area contributed by atoms with Crippen molar-refractivity contribution < 1.29 is 23.4 Å². The second-order valence-electron chi connectivity index (χ2n) is 6.74. The van der Waals surface area contributed by atoms with E-state index in [1.54, 1.807) is 19.2 Å². The molecule has 1 atom stereocenters. The van der Waals surface area contributed by atoms with Gasteiger partial charge in [-0.15, -0.1) is 0 Å². The van der Waals surface area contributed by atoms with Crippen LogP contribution in [-0.4, -0.2) is 49.5 Å². The fraction of sp³-hybridized carbons (Fsp3) is 0.455. The van der Waals surface area contributed by atoms with Crippen LogP contribution in [-0.2, 0) is 13.1 Å². The second-order valence-corrected chi connectivity index (χ2v) is 6.74. The number of benzene rings is 2. The summed E-state index contributed by atoms with van der Waals surface area (Å²) in [5, 5.41) is 13.2. The summed E-state index contributed by atoms with van der Waals surface area (Å²) in [4.78, 5) is 2.12. The van der Waals surface area contributed by atoms with Crippen LogP contribution >= 0.6 is 0 Å². The van der Waals surface area contributed by atoms with Gasteiger partial charge in [0, 0.05) is 25.2 Å². The Bertz CT molecular complexity index is 749. The average molecular weight is 408 g/mol. The van der Waals surface area contributed by atoms with Crippen LogP contribution in [0.4, 0.5) is 8.78 Å². The zero-order valence-electron chi connectivity index (χ0n) is 17.3. The van der Waals surface area contributed by atoms with Gasteiger partial charge in [0.1, 0.15) is 24.3 Å². The van der Waals surface area contributed by atoms with Gasteiger partial charge in [-0.1, -0.05) is 26.0 Å². The first-order valence-electron chi connectivity index (χ1n) is 9.82. The van der Waals surface area contributed by atoms with Crippen LogP contribution < -0.4 is 14.8 Å². The van der Waals surface area contributed by atoms with E-state index in [1.807, 2.05) is 19.9 Å². The van der Waals surface area contributed by atoms with Crippen molar-refractivity contribution in [2.45, 2.75) is 33.0 Å². The molecule has 0 aliphatic rings. The third kappa shape index (κ3) is 6.96. The predicted molar refractivity (Wildman–Crippen MR) is 109 cm³/mol. The van der Waals surface area contributed by atoms with E-state index < -0.39 is 17.7 Å². The van der Waals surface area contributed by atoms with E-state index in [9.17, 15) is 13.9 Å². The van der Waals surface area contributed by atoms with Crippen molar-refractivity contribution in [3.8, 4) is 11.5 Å². The van der Waals surface area contributed by atoms with Gasteiger partial charge in [-0.2, -0.15) is 0 Å². The Morgan fingerprint density at radius 3 is 2.34 bits per heavy atom. The van der Waals surface area contributed by atoms with E-state index in [0.29, 0.717) is 24.6 Å². The Balaban J connectivity index is 1.95. The second kappa shape index (κ2) is 11.7. The number of rotatable bonds is 12. The first-order valence-corrected chi connectivity index (χ1v) is 9.82. The molecular formula is C22H30F2N2O3. The molecule has 2 aromatic carbocycles. The molecule has 5 nitrogen and oxygen atoms in total. The molecule has 0 aliphatic heterocycles. The van der Waals surface area contributed by atoms with E-state index in [1.165, 1.54) is 18.2 Å². The smallest absolute Gasteiger partial charge is 0.161 e. The Morgan fingerprint density at radius 1 is 1.03 bits per heavy atom. The third-order valence-electron chi connectivity index (χ3n) is 4.72. The number of nitrogens with zero attached hydrogens (tertiary/aromatic N) is 1. The van der Waals surface area contributed by atoms with Crippen molar-refractivity contribution in [1.82, 2.24) is 10.2 Å². The molecule has 0 saturated heterocycles. The van der Waals surface area contributed by atoms with Gasteiger partial charge in [0.25, 0.3) is 0 Å². The van der Waals surface area contributed by atoms with Gasteiger partial charge in [0.2, 0.25) is 0 Å². The maximum absolute atomic E-state index is 13.7. The van der Waals surface area contributed by atoms with Gasteiger partial charge in [-0.05, 0) is 42.9 Å². The molecule has 29 heavy (non-hydrogen) atoms. The van der Waals surface area contributed by atoms with Crippen molar-refractivity contribution in [2.75, 3.05) is 33.4 Å². The van der Waals surface area contributed by atoms with Gasteiger partial charge in [-0.25, -0.2) is 8.78 Å². The van der Waals surface area contributed by atoms with Crippen molar-refractivity contribution in [2.24, 2.45) is 0 Å². The monoisotopic (exact) mass is 408 g/mol. The number of likely N-dealkylation sites (N-methyl/N-ethyl adjacent to an activating group) is 1. The summed E-state index contributed by atoms with van der Waals surface area (Å²) in [7, 11) is 1.55. The van der Waals surface area contributed by atoms with Crippen LogP contribution in [0.15, 0.2) is 36.4 Å². The number of halogens is 2. The number of aliphatic hydroxyl groups excluding tert-OH is 1. The first-order chi connectivity index (χ1) is 14.0. The molecular weight excluding hydrogens is 378 g/mol. The molecule has 0 fully saturated rings. The van der Waals surface area contributed by atoms with Crippen LogP contribution in [0.5, 0.6) is 11.5 Å². The molecule has 0 aliphatic carbocycles. The van der Waals surface area contributed by atoms with Gasteiger partial charge in [-0.3, -0.25) is 0 Å². The number of nitrogens with one attached hydrogen (secondary N) is 1. The van der Waals surface area contributed by atoms with Crippen LogP contribution in [0.25, 0.3) is 0 Å². The van der Waals surface area contributed by atoms with E-state index in [0.717, 1.165) is 18.7 Å². The number of hydrogen-bond donors (Lipinski definition) is 2.